The molecule has 20 heavy (non-hydrogen) atoms. The van der Waals surface area contributed by atoms with E-state index in [-0.39, 0.29) is 12.1 Å². The minimum absolute atomic E-state index is 0.0803. The molecule has 0 bridgehead atoms. The van der Waals surface area contributed by atoms with Crippen molar-refractivity contribution >= 4 is 17.7 Å². The summed E-state index contributed by atoms with van der Waals surface area (Å²) in [6, 6.07) is 11.3. The number of carbonyl (C=O) groups is 1. The van der Waals surface area contributed by atoms with Crippen molar-refractivity contribution in [2.75, 3.05) is 23.7 Å². The van der Waals surface area contributed by atoms with E-state index < -0.39 is 0 Å². The Bertz CT molecular complexity index is 569. The van der Waals surface area contributed by atoms with Crippen LogP contribution in [0.2, 0.25) is 0 Å². The van der Waals surface area contributed by atoms with E-state index in [0.717, 1.165) is 5.69 Å². The van der Waals surface area contributed by atoms with Crippen LogP contribution < -0.4 is 10.6 Å². The topological polar surface area (TPSA) is 70.2 Å². The van der Waals surface area contributed by atoms with Crippen molar-refractivity contribution in [2.24, 2.45) is 0 Å². The number of hydrogen-bond donors (Lipinski definition) is 2. The number of rotatable bonds is 3. The van der Waals surface area contributed by atoms with E-state index in [2.05, 4.69) is 20.6 Å². The molecule has 6 heteroatoms. The molecule has 0 saturated carbocycles. The smallest absolute Gasteiger partial charge is 0.321 e. The summed E-state index contributed by atoms with van der Waals surface area (Å²) in [6.07, 6.45) is 3.38. The summed E-state index contributed by atoms with van der Waals surface area (Å²) in [5.74, 6) is 0.598. The summed E-state index contributed by atoms with van der Waals surface area (Å²) in [7, 11) is 0. The molecule has 3 rings (SSSR count). The first-order valence-corrected chi connectivity index (χ1v) is 6.46. The fourth-order valence-corrected chi connectivity index (χ4v) is 2.02. The summed E-state index contributed by atoms with van der Waals surface area (Å²) in [6.45, 7) is 1.30. The molecular weight excluding hydrogens is 254 g/mol. The van der Waals surface area contributed by atoms with Crippen LogP contribution in [0.25, 0.3) is 0 Å². The van der Waals surface area contributed by atoms with Crippen LogP contribution in [-0.2, 0) is 0 Å². The zero-order valence-corrected chi connectivity index (χ0v) is 10.9. The standard InChI is InChI=1S/C14H15N5O/c20-14(18-11-5-2-1-3-6-11)19-9-12(10-19)17-13-15-7-4-8-16-13/h1-8,12H,9-10H2,(H,18,20)(H,15,16,17). The van der Waals surface area contributed by atoms with E-state index in [4.69, 9.17) is 0 Å². The van der Waals surface area contributed by atoms with E-state index in [1.165, 1.54) is 0 Å². The monoisotopic (exact) mass is 269 g/mol. The van der Waals surface area contributed by atoms with Crippen LogP contribution in [0.5, 0.6) is 0 Å². The molecule has 1 aliphatic heterocycles. The van der Waals surface area contributed by atoms with Gasteiger partial charge < -0.3 is 15.5 Å². The van der Waals surface area contributed by atoms with Gasteiger partial charge in [0.2, 0.25) is 5.95 Å². The normalized spacial score (nSPS) is 14.5. The van der Waals surface area contributed by atoms with Gasteiger partial charge in [0, 0.05) is 31.2 Å². The Labute approximate surface area is 116 Å². The van der Waals surface area contributed by atoms with Crippen LogP contribution >= 0.6 is 0 Å². The molecule has 0 unspecified atom stereocenters. The maximum Gasteiger partial charge on any atom is 0.321 e. The van der Waals surface area contributed by atoms with Crippen molar-refractivity contribution in [2.45, 2.75) is 6.04 Å². The van der Waals surface area contributed by atoms with E-state index in [1.807, 2.05) is 30.3 Å². The number of aromatic nitrogens is 2. The van der Waals surface area contributed by atoms with Gasteiger partial charge in [0.1, 0.15) is 0 Å². The van der Waals surface area contributed by atoms with Crippen LogP contribution in [0.1, 0.15) is 0 Å². The maximum absolute atomic E-state index is 11.9. The van der Waals surface area contributed by atoms with Gasteiger partial charge in [0.25, 0.3) is 0 Å². The molecule has 1 aromatic carbocycles. The van der Waals surface area contributed by atoms with Gasteiger partial charge in [-0.05, 0) is 18.2 Å². The van der Waals surface area contributed by atoms with Gasteiger partial charge in [-0.15, -0.1) is 0 Å². The Morgan fingerprint density at radius 2 is 1.80 bits per heavy atom. The molecule has 1 saturated heterocycles. The molecule has 0 aliphatic carbocycles. The summed E-state index contributed by atoms with van der Waals surface area (Å²) in [4.78, 5) is 21.9. The molecule has 2 aromatic rings. The lowest BCUT2D eigenvalue weighted by molar-refractivity contribution is 0.171. The zero-order valence-electron chi connectivity index (χ0n) is 10.9. The molecule has 0 atom stereocenters. The Kier molecular flexibility index (Phi) is 3.45. The number of urea groups is 1. The first-order chi connectivity index (χ1) is 9.81. The molecule has 102 valence electrons. The fourth-order valence-electron chi connectivity index (χ4n) is 2.02. The molecule has 0 spiro atoms. The maximum atomic E-state index is 11.9. The van der Waals surface area contributed by atoms with Gasteiger partial charge in [-0.3, -0.25) is 0 Å². The van der Waals surface area contributed by atoms with Gasteiger partial charge in [0.05, 0.1) is 6.04 Å². The molecule has 1 fully saturated rings. The summed E-state index contributed by atoms with van der Waals surface area (Å²) in [5, 5.41) is 6.04. The predicted octanol–water partition coefficient (Wildman–Crippen LogP) is 1.80. The van der Waals surface area contributed by atoms with Crippen molar-refractivity contribution < 1.29 is 4.79 Å². The average molecular weight is 269 g/mol. The first kappa shape index (κ1) is 12.4. The van der Waals surface area contributed by atoms with E-state index in [0.29, 0.717) is 19.0 Å². The minimum atomic E-state index is -0.0803. The quantitative estimate of drug-likeness (QED) is 0.891. The van der Waals surface area contributed by atoms with Crippen molar-refractivity contribution in [1.82, 2.24) is 14.9 Å². The van der Waals surface area contributed by atoms with Gasteiger partial charge in [-0.25, -0.2) is 14.8 Å². The number of amides is 2. The van der Waals surface area contributed by atoms with Crippen LogP contribution in [0.3, 0.4) is 0 Å². The first-order valence-electron chi connectivity index (χ1n) is 6.46. The summed E-state index contributed by atoms with van der Waals surface area (Å²) < 4.78 is 0. The molecule has 0 radical (unpaired) electrons. The Morgan fingerprint density at radius 1 is 1.10 bits per heavy atom. The SMILES string of the molecule is O=C(Nc1ccccc1)N1CC(Nc2ncccn2)C1. The molecule has 1 aromatic heterocycles. The number of nitrogens with one attached hydrogen (secondary N) is 2. The van der Waals surface area contributed by atoms with E-state index in [9.17, 15) is 4.79 Å². The van der Waals surface area contributed by atoms with Gasteiger partial charge in [0.15, 0.2) is 0 Å². The van der Waals surface area contributed by atoms with Gasteiger partial charge >= 0.3 is 6.03 Å². The summed E-state index contributed by atoms with van der Waals surface area (Å²) in [5.41, 5.74) is 0.806. The number of likely N-dealkylation sites (tertiary alicyclic amines) is 1. The highest BCUT2D eigenvalue weighted by molar-refractivity contribution is 5.90. The third kappa shape index (κ3) is 2.85. The van der Waals surface area contributed by atoms with E-state index >= 15 is 0 Å². The molecule has 2 heterocycles. The lowest BCUT2D eigenvalue weighted by Crippen LogP contribution is -2.58. The molecule has 2 N–H and O–H groups in total. The largest absolute Gasteiger partial charge is 0.348 e. The second kappa shape index (κ2) is 5.56. The highest BCUT2D eigenvalue weighted by Crippen LogP contribution is 2.14. The van der Waals surface area contributed by atoms with Crippen LogP contribution in [0.15, 0.2) is 48.8 Å². The van der Waals surface area contributed by atoms with Crippen LogP contribution in [0, 0.1) is 0 Å². The second-order valence-electron chi connectivity index (χ2n) is 4.61. The average Bonchev–Trinajstić information content (AvgIpc) is 2.44. The highest BCUT2D eigenvalue weighted by Gasteiger charge is 2.30. The lowest BCUT2D eigenvalue weighted by atomic mass is 10.1. The van der Waals surface area contributed by atoms with Crippen LogP contribution in [-0.4, -0.2) is 40.0 Å². The van der Waals surface area contributed by atoms with Crippen LogP contribution in [0.4, 0.5) is 16.4 Å². The van der Waals surface area contributed by atoms with Crippen molar-refractivity contribution in [3.8, 4) is 0 Å². The van der Waals surface area contributed by atoms with E-state index in [1.54, 1.807) is 23.4 Å². The van der Waals surface area contributed by atoms with Crippen molar-refractivity contribution in [3.05, 3.63) is 48.8 Å². The number of para-hydroxylation sites is 1. The molecule has 2 amide bonds. The number of anilines is 2. The summed E-state index contributed by atoms with van der Waals surface area (Å²) >= 11 is 0. The third-order valence-electron chi connectivity index (χ3n) is 3.09. The lowest BCUT2D eigenvalue weighted by Gasteiger charge is -2.39. The Balaban J connectivity index is 1.47. The number of nitrogens with zero attached hydrogens (tertiary/aromatic N) is 3. The Hall–Kier alpha value is -2.63. The molecule has 1 aliphatic rings. The second-order valence-corrected chi connectivity index (χ2v) is 4.61. The molecular formula is C14H15N5O. The third-order valence-corrected chi connectivity index (χ3v) is 3.09. The minimum Gasteiger partial charge on any atom is -0.348 e. The van der Waals surface area contributed by atoms with Gasteiger partial charge in [-0.1, -0.05) is 18.2 Å². The molecule has 6 nitrogen and oxygen atoms in total. The predicted molar refractivity (Wildman–Crippen MR) is 76.5 cm³/mol. The number of carbonyl (C=O) groups excluding carboxylic acids is 1. The number of benzene rings is 1. The van der Waals surface area contributed by atoms with Crippen molar-refractivity contribution in [3.63, 3.8) is 0 Å². The fraction of sp³-hybridized carbons (Fsp3) is 0.214. The van der Waals surface area contributed by atoms with Crippen molar-refractivity contribution in [1.29, 1.82) is 0 Å². The van der Waals surface area contributed by atoms with Gasteiger partial charge in [-0.2, -0.15) is 0 Å². The zero-order chi connectivity index (χ0) is 13.8. The Morgan fingerprint density at radius 3 is 2.50 bits per heavy atom. The number of hydrogen-bond acceptors (Lipinski definition) is 4. The highest BCUT2D eigenvalue weighted by atomic mass is 16.2.